The van der Waals surface area contributed by atoms with E-state index in [0.29, 0.717) is 41.0 Å². The molecule has 244 valence electrons. The molecule has 2 unspecified atom stereocenters. The molecule has 4 aromatic rings. The zero-order valence-electron chi connectivity index (χ0n) is 26.7. The minimum absolute atomic E-state index is 0.00371. The van der Waals surface area contributed by atoms with Gasteiger partial charge in [-0.15, -0.1) is 6.42 Å². The molecule has 0 saturated carbocycles. The van der Waals surface area contributed by atoms with Crippen molar-refractivity contribution in [1.82, 2.24) is 25.2 Å². The van der Waals surface area contributed by atoms with Gasteiger partial charge in [0.2, 0.25) is 0 Å². The van der Waals surface area contributed by atoms with Crippen LogP contribution in [0.15, 0.2) is 30.3 Å². The zero-order valence-corrected chi connectivity index (χ0v) is 26.7. The molecule has 47 heavy (non-hydrogen) atoms. The second-order valence-electron chi connectivity index (χ2n) is 12.5. The largest absolute Gasteiger partial charge is 0.508 e. The predicted molar refractivity (Wildman–Crippen MR) is 177 cm³/mol. The van der Waals surface area contributed by atoms with Gasteiger partial charge < -0.3 is 14.7 Å². The van der Waals surface area contributed by atoms with E-state index in [1.54, 1.807) is 0 Å². The van der Waals surface area contributed by atoms with Crippen LogP contribution in [-0.4, -0.2) is 75.6 Å². The summed E-state index contributed by atoms with van der Waals surface area (Å²) in [6.45, 7) is 8.55. The number of nitrogens with one attached hydrogen (secondary N) is 1. The first kappa shape index (κ1) is 31.2. The quantitative estimate of drug-likeness (QED) is 0.197. The molecule has 4 aliphatic rings. The van der Waals surface area contributed by atoms with Crippen LogP contribution in [0.5, 0.6) is 11.8 Å². The highest BCUT2D eigenvalue weighted by Crippen LogP contribution is 2.44. The fourth-order valence-corrected chi connectivity index (χ4v) is 7.77. The van der Waals surface area contributed by atoms with Gasteiger partial charge in [-0.2, -0.15) is 9.97 Å². The highest BCUT2D eigenvalue weighted by atomic mass is 19.1. The van der Waals surface area contributed by atoms with E-state index in [9.17, 15) is 13.9 Å². The first-order valence-corrected chi connectivity index (χ1v) is 16.3. The molecule has 0 amide bonds. The van der Waals surface area contributed by atoms with Crippen LogP contribution in [0, 0.1) is 24.0 Å². The number of hydrogen-bond acceptors (Lipinski definition) is 8. The standard InChI is InChI=1S/C34H31F3N6O2.C2H6/c1-3-22-24(35)7-6-19-13-21(44)14-23(26(19)22)30-28(37)31-27-29(39-30)18(2)12-20-15-38-25(36)16-43(20)32(27)41-33(40-31)45-17-34-8-4-10-42(34)11-5-9-34;1-2/h1,6-7,12-14,20,25,38,44H,4-5,8-11,15-17H2,2H3;1-2H3. The Morgan fingerprint density at radius 2 is 1.85 bits per heavy atom. The Hall–Kier alpha value is -4.40. The maximum atomic E-state index is 17.0. The number of rotatable bonds is 4. The van der Waals surface area contributed by atoms with Crippen LogP contribution in [-0.2, 0) is 0 Å². The summed E-state index contributed by atoms with van der Waals surface area (Å²) < 4.78 is 53.0. The zero-order chi connectivity index (χ0) is 33.0. The van der Waals surface area contributed by atoms with E-state index < -0.39 is 17.9 Å². The lowest BCUT2D eigenvalue weighted by molar-refractivity contribution is 0.108. The normalized spacial score (nSPS) is 21.4. The SMILES string of the molecule is C#Cc1c(F)ccc2cc(O)cc(-c3nc4c5c(nc(OCC67CCCN6CCC7)nc5c3F)N3CC(F)NCC3C=C4C)c12.CC. The van der Waals surface area contributed by atoms with Crippen LogP contribution in [0.2, 0.25) is 0 Å². The maximum Gasteiger partial charge on any atom is 0.319 e. The number of pyridine rings is 1. The van der Waals surface area contributed by atoms with Gasteiger partial charge >= 0.3 is 6.01 Å². The van der Waals surface area contributed by atoms with E-state index in [0.717, 1.165) is 38.8 Å². The van der Waals surface area contributed by atoms with Gasteiger partial charge in [0.1, 0.15) is 35.2 Å². The number of fused-ring (bicyclic) bond motifs is 4. The lowest BCUT2D eigenvalue weighted by Crippen LogP contribution is -2.54. The van der Waals surface area contributed by atoms with Crippen molar-refractivity contribution in [1.29, 1.82) is 0 Å². The summed E-state index contributed by atoms with van der Waals surface area (Å²) in [6, 6.07) is 5.18. The van der Waals surface area contributed by atoms with E-state index in [4.69, 9.17) is 21.1 Å². The summed E-state index contributed by atoms with van der Waals surface area (Å²) in [7, 11) is 0. The average Bonchev–Trinajstić information content (AvgIpc) is 3.63. The molecule has 8 nitrogen and oxygen atoms in total. The van der Waals surface area contributed by atoms with E-state index in [1.165, 1.54) is 24.3 Å². The molecular weight excluding hydrogens is 605 g/mol. The third-order valence-electron chi connectivity index (χ3n) is 9.87. The number of aromatic hydroxyl groups is 1. The Bertz CT molecular complexity index is 1960. The van der Waals surface area contributed by atoms with Crippen molar-refractivity contribution in [2.45, 2.75) is 64.3 Å². The number of alkyl halides is 1. The molecule has 2 aromatic heterocycles. The predicted octanol–water partition coefficient (Wildman–Crippen LogP) is 6.33. The molecule has 6 heterocycles. The molecule has 11 heteroatoms. The van der Waals surface area contributed by atoms with Crippen molar-refractivity contribution in [3.63, 3.8) is 0 Å². The number of benzene rings is 2. The highest BCUT2D eigenvalue weighted by molar-refractivity contribution is 6.05. The van der Waals surface area contributed by atoms with Gasteiger partial charge in [0.05, 0.1) is 34.8 Å². The number of ether oxygens (including phenoxy) is 1. The molecule has 0 bridgehead atoms. The van der Waals surface area contributed by atoms with Crippen molar-refractivity contribution in [3.05, 3.63) is 53.2 Å². The van der Waals surface area contributed by atoms with Crippen molar-refractivity contribution in [2.24, 2.45) is 0 Å². The number of anilines is 1. The van der Waals surface area contributed by atoms with Crippen molar-refractivity contribution in [3.8, 4) is 35.4 Å². The summed E-state index contributed by atoms with van der Waals surface area (Å²) in [5.41, 5.74) is 0.868. The van der Waals surface area contributed by atoms with E-state index in [-0.39, 0.29) is 57.6 Å². The van der Waals surface area contributed by atoms with E-state index in [1.807, 2.05) is 31.7 Å². The van der Waals surface area contributed by atoms with E-state index >= 15 is 4.39 Å². The average molecular weight is 643 g/mol. The van der Waals surface area contributed by atoms with Crippen LogP contribution >= 0.6 is 0 Å². The van der Waals surface area contributed by atoms with E-state index in [2.05, 4.69) is 21.1 Å². The van der Waals surface area contributed by atoms with Gasteiger partial charge in [0.25, 0.3) is 0 Å². The van der Waals surface area contributed by atoms with Gasteiger partial charge in [-0.25, -0.2) is 18.2 Å². The van der Waals surface area contributed by atoms with Gasteiger partial charge in [-0.3, -0.25) is 10.2 Å². The first-order valence-electron chi connectivity index (χ1n) is 16.3. The van der Waals surface area contributed by atoms with Crippen LogP contribution < -0.4 is 15.0 Å². The summed E-state index contributed by atoms with van der Waals surface area (Å²) >= 11 is 0. The monoisotopic (exact) mass is 642 g/mol. The summed E-state index contributed by atoms with van der Waals surface area (Å²) in [4.78, 5) is 18.5. The summed E-state index contributed by atoms with van der Waals surface area (Å²) in [5.74, 6) is 1.11. The number of allylic oxidation sites excluding steroid dienone is 1. The first-order chi connectivity index (χ1) is 22.8. The lowest BCUT2D eigenvalue weighted by atomic mass is 9.95. The lowest BCUT2D eigenvalue weighted by Gasteiger charge is -2.37. The topological polar surface area (TPSA) is 86.6 Å². The minimum Gasteiger partial charge on any atom is -0.508 e. The van der Waals surface area contributed by atoms with Crippen LogP contribution in [0.3, 0.4) is 0 Å². The van der Waals surface area contributed by atoms with Crippen LogP contribution in [0.4, 0.5) is 19.0 Å². The molecule has 3 saturated heterocycles. The molecule has 0 radical (unpaired) electrons. The third kappa shape index (κ3) is 5.06. The Morgan fingerprint density at radius 3 is 2.60 bits per heavy atom. The smallest absolute Gasteiger partial charge is 0.319 e. The molecule has 0 spiro atoms. The second-order valence-corrected chi connectivity index (χ2v) is 12.5. The van der Waals surface area contributed by atoms with Crippen molar-refractivity contribution >= 4 is 33.1 Å². The maximum absolute atomic E-state index is 17.0. The third-order valence-corrected chi connectivity index (χ3v) is 9.87. The van der Waals surface area contributed by atoms with Gasteiger partial charge in [-0.05, 0) is 74.9 Å². The Balaban J connectivity index is 0.00000172. The fourth-order valence-electron chi connectivity index (χ4n) is 7.77. The minimum atomic E-state index is -1.32. The second kappa shape index (κ2) is 12.0. The number of halogens is 3. The van der Waals surface area contributed by atoms with Gasteiger partial charge in [0, 0.05) is 17.5 Å². The van der Waals surface area contributed by atoms with Crippen LogP contribution in [0.25, 0.3) is 38.5 Å². The number of piperazine rings is 1. The number of phenolic OH excluding ortho intramolecular Hbond substituents is 1. The molecular formula is C36H37F3N6O2. The van der Waals surface area contributed by atoms with Gasteiger partial charge in [-0.1, -0.05) is 31.9 Å². The van der Waals surface area contributed by atoms with Gasteiger partial charge in [0.15, 0.2) is 12.1 Å². The molecule has 8 rings (SSSR count). The van der Waals surface area contributed by atoms with Crippen LogP contribution in [0.1, 0.15) is 57.7 Å². The molecule has 2 atom stereocenters. The molecule has 2 N–H and O–H groups in total. The Labute approximate surface area is 271 Å². The Morgan fingerprint density at radius 1 is 1.09 bits per heavy atom. The number of phenols is 1. The van der Waals surface area contributed by atoms with Crippen molar-refractivity contribution < 1.29 is 23.0 Å². The number of terminal acetylenes is 1. The molecule has 3 fully saturated rings. The molecule has 2 aromatic carbocycles. The summed E-state index contributed by atoms with van der Waals surface area (Å²) in [6.07, 6.45) is 10.5. The fraction of sp³-hybridized carbons (Fsp3) is 0.417. The number of aromatic nitrogens is 3. The number of nitrogens with zero attached hydrogens (tertiary/aromatic N) is 5. The Kier molecular flexibility index (Phi) is 7.97. The molecule has 0 aliphatic carbocycles. The summed E-state index contributed by atoms with van der Waals surface area (Å²) in [5, 5.41) is 14.5. The number of hydrogen-bond donors (Lipinski definition) is 2. The highest BCUT2D eigenvalue weighted by Gasteiger charge is 2.45. The molecule has 4 aliphatic heterocycles. The van der Waals surface area contributed by atoms with Crippen molar-refractivity contribution in [2.75, 3.05) is 37.7 Å².